The van der Waals surface area contributed by atoms with Crippen molar-refractivity contribution in [2.45, 2.75) is 6.92 Å². The molecule has 0 fully saturated rings. The van der Waals surface area contributed by atoms with Crippen molar-refractivity contribution < 1.29 is 0 Å². The van der Waals surface area contributed by atoms with Crippen LogP contribution in [0, 0.1) is 6.92 Å². The molecule has 10 aromatic rings. The molecule has 0 bridgehead atoms. The third kappa shape index (κ3) is 4.24. The molecule has 0 N–H and O–H groups in total. The van der Waals surface area contributed by atoms with Gasteiger partial charge in [0.05, 0.1) is 33.1 Å². The van der Waals surface area contributed by atoms with Crippen molar-refractivity contribution in [1.29, 1.82) is 0 Å². The van der Waals surface area contributed by atoms with E-state index in [2.05, 4.69) is 156 Å². The van der Waals surface area contributed by atoms with Crippen molar-refractivity contribution in [1.82, 2.24) is 19.1 Å². The summed E-state index contributed by atoms with van der Waals surface area (Å²) < 4.78 is 4.66. The summed E-state index contributed by atoms with van der Waals surface area (Å²) in [5.74, 6) is 0.835. The maximum atomic E-state index is 5.30. The van der Waals surface area contributed by atoms with Gasteiger partial charge in [-0.25, -0.2) is 9.97 Å². The summed E-state index contributed by atoms with van der Waals surface area (Å²) in [5, 5.41) is 4.87. The number of nitrogens with zero attached hydrogens (tertiary/aromatic N) is 4. The molecule has 10 rings (SSSR count). The van der Waals surface area contributed by atoms with Gasteiger partial charge >= 0.3 is 0 Å². The van der Waals surface area contributed by atoms with E-state index >= 15 is 0 Å². The van der Waals surface area contributed by atoms with Crippen LogP contribution in [0.2, 0.25) is 0 Å². The number of rotatable bonds is 4. The lowest BCUT2D eigenvalue weighted by atomic mass is 10.0. The zero-order chi connectivity index (χ0) is 32.5. The van der Waals surface area contributed by atoms with Gasteiger partial charge in [-0.3, -0.25) is 4.57 Å². The molecule has 0 saturated carbocycles. The van der Waals surface area contributed by atoms with E-state index in [4.69, 9.17) is 9.97 Å². The minimum atomic E-state index is 0.835. The molecule has 0 spiro atoms. The third-order valence-electron chi connectivity index (χ3n) is 9.86. The Morgan fingerprint density at radius 3 is 1.59 bits per heavy atom. The summed E-state index contributed by atoms with van der Waals surface area (Å²) in [6.07, 6.45) is 0. The van der Waals surface area contributed by atoms with E-state index in [0.717, 1.165) is 44.8 Å². The molecule has 7 aromatic carbocycles. The van der Waals surface area contributed by atoms with Gasteiger partial charge in [0.15, 0.2) is 5.82 Å². The first kappa shape index (κ1) is 27.6. The first-order valence-electron chi connectivity index (χ1n) is 16.7. The highest BCUT2D eigenvalue weighted by Crippen LogP contribution is 2.39. The number of aryl methyl sites for hydroxylation is 1. The standard InChI is InChI=1S/C45H30N4/c1-29-13-5-6-16-33(29)44-45(47-39-20-10-9-19-38(39)46-44)49-41-22-12-8-18-35(41)37-28-31(24-26-43(37)49)30-23-25-42-36(27-30)34-17-7-11-21-40(34)48(42)32-14-3-2-4-15-32/h2-28H,1H3. The summed E-state index contributed by atoms with van der Waals surface area (Å²) >= 11 is 0. The Bertz CT molecular complexity index is 2890. The van der Waals surface area contributed by atoms with Crippen molar-refractivity contribution >= 4 is 54.6 Å². The predicted molar refractivity (Wildman–Crippen MR) is 204 cm³/mol. The molecule has 0 radical (unpaired) electrons. The van der Waals surface area contributed by atoms with Crippen LogP contribution in [0.5, 0.6) is 0 Å². The van der Waals surface area contributed by atoms with Gasteiger partial charge in [-0.15, -0.1) is 0 Å². The summed E-state index contributed by atoms with van der Waals surface area (Å²) in [4.78, 5) is 10.5. The van der Waals surface area contributed by atoms with Gasteiger partial charge < -0.3 is 4.57 Å². The summed E-state index contributed by atoms with van der Waals surface area (Å²) in [6, 6.07) is 58.3. The number of benzene rings is 7. The van der Waals surface area contributed by atoms with Gasteiger partial charge in [-0.05, 0) is 84.3 Å². The van der Waals surface area contributed by atoms with Crippen molar-refractivity contribution in [3.05, 3.63) is 169 Å². The second kappa shape index (κ2) is 10.8. The van der Waals surface area contributed by atoms with E-state index in [0.29, 0.717) is 0 Å². The minimum Gasteiger partial charge on any atom is -0.309 e. The van der Waals surface area contributed by atoms with E-state index in [1.165, 1.54) is 49.3 Å². The van der Waals surface area contributed by atoms with Crippen LogP contribution in [0.15, 0.2) is 164 Å². The summed E-state index contributed by atoms with van der Waals surface area (Å²) in [7, 11) is 0. The maximum Gasteiger partial charge on any atom is 0.165 e. The predicted octanol–water partition coefficient (Wildman–Crippen LogP) is 11.5. The van der Waals surface area contributed by atoms with E-state index in [-0.39, 0.29) is 0 Å². The molecule has 0 atom stereocenters. The highest BCUT2D eigenvalue weighted by atomic mass is 15.1. The van der Waals surface area contributed by atoms with E-state index in [1.807, 2.05) is 24.3 Å². The number of hydrogen-bond donors (Lipinski definition) is 0. The lowest BCUT2D eigenvalue weighted by Crippen LogP contribution is -2.04. The Balaban J connectivity index is 1.21. The Morgan fingerprint density at radius 1 is 0.408 bits per heavy atom. The Morgan fingerprint density at radius 2 is 0.918 bits per heavy atom. The molecule has 3 heterocycles. The zero-order valence-electron chi connectivity index (χ0n) is 26.9. The van der Waals surface area contributed by atoms with Crippen LogP contribution in [0.1, 0.15) is 5.56 Å². The number of hydrogen-bond acceptors (Lipinski definition) is 2. The van der Waals surface area contributed by atoms with Gasteiger partial charge in [0.2, 0.25) is 0 Å². The first-order valence-corrected chi connectivity index (χ1v) is 16.7. The molecule has 0 saturated heterocycles. The van der Waals surface area contributed by atoms with Crippen LogP contribution in [0.3, 0.4) is 0 Å². The Labute approximate surface area is 283 Å². The Kier molecular flexibility index (Phi) is 6.06. The minimum absolute atomic E-state index is 0.835. The molecule has 0 amide bonds. The molecule has 4 nitrogen and oxygen atoms in total. The molecule has 3 aromatic heterocycles. The van der Waals surface area contributed by atoms with Crippen LogP contribution in [0.25, 0.3) is 88.5 Å². The average Bonchev–Trinajstić information content (AvgIpc) is 3.67. The molecular formula is C45H30N4. The highest BCUT2D eigenvalue weighted by molar-refractivity contribution is 6.13. The van der Waals surface area contributed by atoms with E-state index in [9.17, 15) is 0 Å². The van der Waals surface area contributed by atoms with Crippen LogP contribution in [-0.4, -0.2) is 19.1 Å². The number of para-hydroxylation sites is 5. The second-order valence-corrected chi connectivity index (χ2v) is 12.7. The van der Waals surface area contributed by atoms with Crippen LogP contribution >= 0.6 is 0 Å². The van der Waals surface area contributed by atoms with Crippen LogP contribution in [0.4, 0.5) is 0 Å². The fourth-order valence-corrected chi connectivity index (χ4v) is 7.55. The van der Waals surface area contributed by atoms with Gasteiger partial charge in [0, 0.05) is 32.8 Å². The number of fused-ring (bicyclic) bond motifs is 7. The molecule has 0 aliphatic carbocycles. The second-order valence-electron chi connectivity index (χ2n) is 12.7. The first-order chi connectivity index (χ1) is 24.2. The molecule has 4 heteroatoms. The quantitative estimate of drug-likeness (QED) is 0.195. The van der Waals surface area contributed by atoms with Crippen molar-refractivity contribution in [3.8, 4) is 33.9 Å². The number of aromatic nitrogens is 4. The van der Waals surface area contributed by atoms with Crippen molar-refractivity contribution in [2.75, 3.05) is 0 Å². The fourth-order valence-electron chi connectivity index (χ4n) is 7.55. The van der Waals surface area contributed by atoms with Gasteiger partial charge in [-0.1, -0.05) is 103 Å². The molecule has 230 valence electrons. The van der Waals surface area contributed by atoms with Gasteiger partial charge in [0.25, 0.3) is 0 Å². The maximum absolute atomic E-state index is 5.30. The third-order valence-corrected chi connectivity index (χ3v) is 9.86. The van der Waals surface area contributed by atoms with Crippen molar-refractivity contribution in [3.63, 3.8) is 0 Å². The SMILES string of the molecule is Cc1ccccc1-c1nc2ccccc2nc1-n1c2ccccc2c2cc(-c3ccc4c(c3)c3ccccc3n4-c3ccccc3)ccc21. The highest BCUT2D eigenvalue weighted by Gasteiger charge is 2.21. The normalized spacial score (nSPS) is 11.8. The van der Waals surface area contributed by atoms with Crippen molar-refractivity contribution in [2.24, 2.45) is 0 Å². The lowest BCUT2D eigenvalue weighted by molar-refractivity contribution is 1.08. The monoisotopic (exact) mass is 626 g/mol. The average molecular weight is 627 g/mol. The van der Waals surface area contributed by atoms with E-state index < -0.39 is 0 Å². The van der Waals surface area contributed by atoms with Gasteiger partial charge in [0.1, 0.15) is 5.69 Å². The van der Waals surface area contributed by atoms with E-state index in [1.54, 1.807) is 0 Å². The zero-order valence-corrected chi connectivity index (χ0v) is 26.9. The summed E-state index contributed by atoms with van der Waals surface area (Å²) in [5.41, 5.74) is 13.0. The van der Waals surface area contributed by atoms with Crippen LogP contribution in [-0.2, 0) is 0 Å². The molecular weight excluding hydrogens is 597 g/mol. The van der Waals surface area contributed by atoms with Crippen LogP contribution < -0.4 is 0 Å². The topological polar surface area (TPSA) is 35.6 Å². The molecule has 0 aliphatic heterocycles. The summed E-state index contributed by atoms with van der Waals surface area (Å²) in [6.45, 7) is 2.14. The molecule has 0 aliphatic rings. The Hall–Kier alpha value is -6.52. The largest absolute Gasteiger partial charge is 0.309 e. The molecule has 49 heavy (non-hydrogen) atoms. The smallest absolute Gasteiger partial charge is 0.165 e. The lowest BCUT2D eigenvalue weighted by Gasteiger charge is -2.15. The molecule has 0 unspecified atom stereocenters. The fraction of sp³-hybridized carbons (Fsp3) is 0.0222. The van der Waals surface area contributed by atoms with Gasteiger partial charge in [-0.2, -0.15) is 0 Å².